The Bertz CT molecular complexity index is 480. The number of hydrogen-bond donors (Lipinski definition) is 0. The summed E-state index contributed by atoms with van der Waals surface area (Å²) in [7, 11) is 0. The first-order valence-electron chi connectivity index (χ1n) is 6.43. The molecule has 1 heteroatoms. The van der Waals surface area contributed by atoms with Gasteiger partial charge in [-0.05, 0) is 36.1 Å². The van der Waals surface area contributed by atoms with Crippen LogP contribution in [0.4, 0.5) is 0 Å². The second-order valence-corrected chi connectivity index (χ2v) is 5.00. The van der Waals surface area contributed by atoms with Crippen LogP contribution < -0.4 is 4.74 Å². The van der Waals surface area contributed by atoms with Crippen LogP contribution in [0.15, 0.2) is 48.5 Å². The monoisotopic (exact) mass is 240 g/mol. The first-order chi connectivity index (χ1) is 8.65. The Balaban J connectivity index is 1.95. The fraction of sp³-hybridized carbons (Fsp3) is 0.294. The molecule has 2 aromatic carbocycles. The van der Waals surface area contributed by atoms with Crippen LogP contribution in [0.1, 0.15) is 36.5 Å². The predicted octanol–water partition coefficient (Wildman–Crippen LogP) is 4.70. The molecule has 0 aromatic heterocycles. The van der Waals surface area contributed by atoms with Gasteiger partial charge in [0.15, 0.2) is 0 Å². The van der Waals surface area contributed by atoms with E-state index in [1.165, 1.54) is 16.7 Å². The summed E-state index contributed by atoms with van der Waals surface area (Å²) in [6.45, 7) is 7.12. The van der Waals surface area contributed by atoms with Gasteiger partial charge in [-0.1, -0.05) is 55.8 Å². The van der Waals surface area contributed by atoms with E-state index in [0.717, 1.165) is 5.75 Å². The van der Waals surface area contributed by atoms with Crippen molar-refractivity contribution in [1.82, 2.24) is 0 Å². The minimum absolute atomic E-state index is 0.581. The number of hydrogen-bond acceptors (Lipinski definition) is 1. The second-order valence-electron chi connectivity index (χ2n) is 5.00. The molecular weight excluding hydrogens is 220 g/mol. The van der Waals surface area contributed by atoms with E-state index >= 15 is 0 Å². The fourth-order valence-electron chi connectivity index (χ4n) is 1.80. The molecule has 0 heterocycles. The summed E-state index contributed by atoms with van der Waals surface area (Å²) in [5, 5.41) is 0. The van der Waals surface area contributed by atoms with Crippen LogP contribution in [0.3, 0.4) is 0 Å². The first-order valence-corrected chi connectivity index (χ1v) is 6.43. The molecule has 18 heavy (non-hydrogen) atoms. The Labute approximate surface area is 109 Å². The lowest BCUT2D eigenvalue weighted by Crippen LogP contribution is -1.96. The average molecular weight is 240 g/mol. The van der Waals surface area contributed by atoms with E-state index in [4.69, 9.17) is 4.74 Å². The molecule has 0 unspecified atom stereocenters. The molecule has 0 radical (unpaired) electrons. The lowest BCUT2D eigenvalue weighted by atomic mass is 10.0. The fourth-order valence-corrected chi connectivity index (χ4v) is 1.80. The highest BCUT2D eigenvalue weighted by atomic mass is 16.5. The first kappa shape index (κ1) is 12.7. The molecule has 2 aromatic rings. The Hall–Kier alpha value is -1.76. The average Bonchev–Trinajstić information content (AvgIpc) is 2.38. The zero-order valence-corrected chi connectivity index (χ0v) is 11.3. The third kappa shape index (κ3) is 3.36. The van der Waals surface area contributed by atoms with Gasteiger partial charge in [0.2, 0.25) is 0 Å². The molecule has 0 fully saturated rings. The molecule has 0 atom stereocenters. The minimum Gasteiger partial charge on any atom is -0.489 e. The number of rotatable bonds is 4. The van der Waals surface area contributed by atoms with Crippen molar-refractivity contribution in [2.75, 3.05) is 0 Å². The van der Waals surface area contributed by atoms with Gasteiger partial charge in [-0.3, -0.25) is 0 Å². The van der Waals surface area contributed by atoms with Crippen LogP contribution in [0, 0.1) is 6.92 Å². The van der Waals surface area contributed by atoms with Crippen molar-refractivity contribution in [3.05, 3.63) is 65.2 Å². The third-order valence-corrected chi connectivity index (χ3v) is 3.07. The molecular formula is C17H20O. The van der Waals surface area contributed by atoms with Crippen molar-refractivity contribution in [3.63, 3.8) is 0 Å². The SMILES string of the molecule is Cc1ccc(OCc2ccc(C(C)C)cc2)cc1. The second kappa shape index (κ2) is 5.72. The minimum atomic E-state index is 0.581. The molecule has 0 amide bonds. The molecule has 0 spiro atoms. The number of benzene rings is 2. The van der Waals surface area contributed by atoms with E-state index in [1.807, 2.05) is 12.1 Å². The molecule has 0 bridgehead atoms. The molecule has 0 saturated carbocycles. The van der Waals surface area contributed by atoms with Crippen molar-refractivity contribution in [3.8, 4) is 5.75 Å². The summed E-state index contributed by atoms with van der Waals surface area (Å²) >= 11 is 0. The maximum atomic E-state index is 5.75. The topological polar surface area (TPSA) is 9.23 Å². The van der Waals surface area contributed by atoms with Gasteiger partial charge < -0.3 is 4.74 Å². The standard InChI is InChI=1S/C17H20O/c1-13(2)16-8-6-15(7-9-16)12-18-17-10-4-14(3)5-11-17/h4-11,13H,12H2,1-3H3. The van der Waals surface area contributed by atoms with E-state index in [-0.39, 0.29) is 0 Å². The molecule has 94 valence electrons. The quantitative estimate of drug-likeness (QED) is 0.752. The molecule has 2 rings (SSSR count). The lowest BCUT2D eigenvalue weighted by molar-refractivity contribution is 0.306. The Morgan fingerprint density at radius 1 is 0.889 bits per heavy atom. The summed E-state index contributed by atoms with van der Waals surface area (Å²) in [6.07, 6.45) is 0. The van der Waals surface area contributed by atoms with Gasteiger partial charge in [0, 0.05) is 0 Å². The Kier molecular flexibility index (Phi) is 4.03. The largest absolute Gasteiger partial charge is 0.489 e. The normalized spacial score (nSPS) is 10.7. The summed E-state index contributed by atoms with van der Waals surface area (Å²) in [4.78, 5) is 0. The zero-order chi connectivity index (χ0) is 13.0. The van der Waals surface area contributed by atoms with Crippen molar-refractivity contribution >= 4 is 0 Å². The van der Waals surface area contributed by atoms with E-state index in [1.54, 1.807) is 0 Å². The summed E-state index contributed by atoms with van der Waals surface area (Å²) in [5.74, 6) is 1.51. The van der Waals surface area contributed by atoms with Crippen molar-refractivity contribution in [1.29, 1.82) is 0 Å². The Morgan fingerprint density at radius 2 is 1.50 bits per heavy atom. The Morgan fingerprint density at radius 3 is 2.06 bits per heavy atom. The van der Waals surface area contributed by atoms with E-state index in [2.05, 4.69) is 57.2 Å². The van der Waals surface area contributed by atoms with Crippen molar-refractivity contribution < 1.29 is 4.74 Å². The van der Waals surface area contributed by atoms with Crippen LogP contribution in [0.5, 0.6) is 5.75 Å². The van der Waals surface area contributed by atoms with Crippen LogP contribution in [0.25, 0.3) is 0 Å². The number of ether oxygens (including phenoxy) is 1. The third-order valence-electron chi connectivity index (χ3n) is 3.07. The van der Waals surface area contributed by atoms with Gasteiger partial charge in [0.1, 0.15) is 12.4 Å². The molecule has 0 aliphatic heterocycles. The zero-order valence-electron chi connectivity index (χ0n) is 11.3. The molecule has 0 aliphatic carbocycles. The summed E-state index contributed by atoms with van der Waals surface area (Å²) in [5.41, 5.74) is 3.83. The predicted molar refractivity (Wildman–Crippen MR) is 76.0 cm³/mol. The van der Waals surface area contributed by atoms with Gasteiger partial charge in [0.25, 0.3) is 0 Å². The van der Waals surface area contributed by atoms with Gasteiger partial charge in [-0.25, -0.2) is 0 Å². The van der Waals surface area contributed by atoms with Gasteiger partial charge >= 0.3 is 0 Å². The highest BCUT2D eigenvalue weighted by Gasteiger charge is 2.00. The van der Waals surface area contributed by atoms with Crippen LogP contribution >= 0.6 is 0 Å². The van der Waals surface area contributed by atoms with Crippen LogP contribution in [-0.2, 0) is 6.61 Å². The molecule has 0 N–H and O–H groups in total. The van der Waals surface area contributed by atoms with Gasteiger partial charge in [-0.15, -0.1) is 0 Å². The van der Waals surface area contributed by atoms with E-state index in [9.17, 15) is 0 Å². The van der Waals surface area contributed by atoms with E-state index < -0.39 is 0 Å². The number of aryl methyl sites for hydroxylation is 1. The maximum Gasteiger partial charge on any atom is 0.119 e. The summed E-state index contributed by atoms with van der Waals surface area (Å²) in [6, 6.07) is 16.8. The molecule has 1 nitrogen and oxygen atoms in total. The summed E-state index contributed by atoms with van der Waals surface area (Å²) < 4.78 is 5.75. The van der Waals surface area contributed by atoms with E-state index in [0.29, 0.717) is 12.5 Å². The molecule has 0 aliphatic rings. The van der Waals surface area contributed by atoms with Crippen LogP contribution in [0.2, 0.25) is 0 Å². The lowest BCUT2D eigenvalue weighted by Gasteiger charge is -2.09. The van der Waals surface area contributed by atoms with Crippen LogP contribution in [-0.4, -0.2) is 0 Å². The highest BCUT2D eigenvalue weighted by molar-refractivity contribution is 5.28. The molecule has 0 saturated heterocycles. The van der Waals surface area contributed by atoms with Crippen molar-refractivity contribution in [2.24, 2.45) is 0 Å². The van der Waals surface area contributed by atoms with Gasteiger partial charge in [-0.2, -0.15) is 0 Å². The highest BCUT2D eigenvalue weighted by Crippen LogP contribution is 2.17. The van der Waals surface area contributed by atoms with Crippen molar-refractivity contribution in [2.45, 2.75) is 33.3 Å². The maximum absolute atomic E-state index is 5.75. The smallest absolute Gasteiger partial charge is 0.119 e. The van der Waals surface area contributed by atoms with Gasteiger partial charge in [0.05, 0.1) is 0 Å².